The second kappa shape index (κ2) is 6.02. The Kier molecular flexibility index (Phi) is 4.15. The van der Waals surface area contributed by atoms with Crippen molar-refractivity contribution >= 4 is 17.4 Å². The van der Waals surface area contributed by atoms with Gasteiger partial charge >= 0.3 is 5.97 Å². The zero-order valence-electron chi connectivity index (χ0n) is 11.1. The second-order valence-electron chi connectivity index (χ2n) is 4.50. The maximum atomic E-state index is 12.1. The fraction of sp³-hybridized carbons (Fsp3) is 0.125. The molecule has 0 spiro atoms. The van der Waals surface area contributed by atoms with Crippen LogP contribution >= 0.6 is 0 Å². The molecule has 0 saturated carbocycles. The molecule has 0 aliphatic carbocycles. The van der Waals surface area contributed by atoms with Crippen LogP contribution in [0, 0.1) is 0 Å². The van der Waals surface area contributed by atoms with E-state index in [0.29, 0.717) is 11.4 Å². The lowest BCUT2D eigenvalue weighted by Gasteiger charge is -2.08. The van der Waals surface area contributed by atoms with Crippen LogP contribution in [0.4, 0.5) is 5.69 Å². The lowest BCUT2D eigenvalue weighted by atomic mass is 10.0. The first-order chi connectivity index (χ1) is 9.56. The van der Waals surface area contributed by atoms with Gasteiger partial charge in [0, 0.05) is 12.1 Å². The number of hydrogen-bond acceptors (Lipinski definition) is 4. The fourth-order valence-corrected chi connectivity index (χ4v) is 1.83. The number of para-hydroxylation sites is 1. The van der Waals surface area contributed by atoms with Gasteiger partial charge in [0.1, 0.15) is 11.5 Å². The lowest BCUT2D eigenvalue weighted by molar-refractivity contribution is -0.116. The van der Waals surface area contributed by atoms with Gasteiger partial charge in [-0.05, 0) is 36.8 Å². The minimum absolute atomic E-state index is 0.0251. The van der Waals surface area contributed by atoms with Gasteiger partial charge < -0.3 is 10.5 Å². The summed E-state index contributed by atoms with van der Waals surface area (Å²) in [6.07, 6.45) is 0.270. The monoisotopic (exact) mass is 269 g/mol. The third kappa shape index (κ3) is 3.45. The molecule has 0 unspecified atom stereocenters. The number of nitrogen functional groups attached to an aromatic ring is 1. The molecule has 0 atom stereocenters. The molecule has 2 aromatic carbocycles. The first-order valence-electron chi connectivity index (χ1n) is 6.21. The van der Waals surface area contributed by atoms with E-state index >= 15 is 0 Å². The molecule has 2 rings (SSSR count). The first kappa shape index (κ1) is 13.8. The number of anilines is 1. The summed E-state index contributed by atoms with van der Waals surface area (Å²) in [4.78, 5) is 23.2. The topological polar surface area (TPSA) is 69.4 Å². The zero-order valence-corrected chi connectivity index (χ0v) is 11.1. The number of ketones is 1. The highest BCUT2D eigenvalue weighted by molar-refractivity contribution is 5.96. The molecule has 0 heterocycles. The maximum absolute atomic E-state index is 12.1. The molecular formula is C16H15NO3. The van der Waals surface area contributed by atoms with Crippen molar-refractivity contribution in [3.05, 3.63) is 59.7 Å². The van der Waals surface area contributed by atoms with E-state index in [0.717, 1.165) is 5.56 Å². The summed E-state index contributed by atoms with van der Waals surface area (Å²) in [6.45, 7) is 1.50. The van der Waals surface area contributed by atoms with Gasteiger partial charge in [-0.2, -0.15) is 0 Å². The van der Waals surface area contributed by atoms with E-state index < -0.39 is 5.97 Å². The summed E-state index contributed by atoms with van der Waals surface area (Å²) in [6, 6.07) is 13.7. The fourth-order valence-electron chi connectivity index (χ4n) is 1.83. The average molecular weight is 269 g/mol. The molecule has 20 heavy (non-hydrogen) atoms. The predicted molar refractivity (Wildman–Crippen MR) is 76.6 cm³/mol. The average Bonchev–Trinajstić information content (AvgIpc) is 2.41. The van der Waals surface area contributed by atoms with Gasteiger partial charge in [-0.15, -0.1) is 0 Å². The van der Waals surface area contributed by atoms with Crippen LogP contribution in [-0.4, -0.2) is 11.8 Å². The Hall–Kier alpha value is -2.62. The number of ether oxygens (including phenoxy) is 1. The number of hydrogen-bond donors (Lipinski definition) is 1. The highest BCUT2D eigenvalue weighted by Gasteiger charge is 2.13. The minimum Gasteiger partial charge on any atom is -0.423 e. The SMILES string of the molecule is CC(=O)Cc1ccc(N)c(C(=O)Oc2ccccc2)c1. The molecule has 0 bridgehead atoms. The van der Waals surface area contributed by atoms with E-state index in [1.165, 1.54) is 6.92 Å². The highest BCUT2D eigenvalue weighted by Crippen LogP contribution is 2.18. The molecule has 0 radical (unpaired) electrons. The molecule has 4 nitrogen and oxygen atoms in total. The Labute approximate surface area is 117 Å². The predicted octanol–water partition coefficient (Wildman–Crippen LogP) is 2.62. The van der Waals surface area contributed by atoms with Gasteiger partial charge in [0.2, 0.25) is 0 Å². The van der Waals surface area contributed by atoms with Crippen molar-refractivity contribution in [2.75, 3.05) is 5.73 Å². The molecule has 0 fully saturated rings. The van der Waals surface area contributed by atoms with Crippen LogP contribution in [0.2, 0.25) is 0 Å². The van der Waals surface area contributed by atoms with Crippen molar-refractivity contribution in [1.82, 2.24) is 0 Å². The third-order valence-corrected chi connectivity index (χ3v) is 2.74. The van der Waals surface area contributed by atoms with Crippen LogP contribution < -0.4 is 10.5 Å². The van der Waals surface area contributed by atoms with Crippen LogP contribution in [0.3, 0.4) is 0 Å². The molecular weight excluding hydrogens is 254 g/mol. The first-order valence-corrected chi connectivity index (χ1v) is 6.21. The van der Waals surface area contributed by atoms with E-state index in [1.807, 2.05) is 6.07 Å². The normalized spacial score (nSPS) is 10.1. The van der Waals surface area contributed by atoms with Crippen LogP contribution in [0.1, 0.15) is 22.8 Å². The molecule has 0 amide bonds. The number of carbonyl (C=O) groups is 2. The summed E-state index contributed by atoms with van der Waals surface area (Å²) < 4.78 is 5.24. The molecule has 2 aromatic rings. The summed E-state index contributed by atoms with van der Waals surface area (Å²) in [5.74, 6) is -0.0508. The Bertz CT molecular complexity index is 635. The number of Topliss-reactive ketones (excluding diaryl/α,β-unsaturated/α-hetero) is 1. The Morgan fingerprint density at radius 1 is 1.10 bits per heavy atom. The van der Waals surface area contributed by atoms with Crippen LogP contribution in [0.25, 0.3) is 0 Å². The Balaban J connectivity index is 2.22. The second-order valence-corrected chi connectivity index (χ2v) is 4.50. The Morgan fingerprint density at radius 3 is 2.45 bits per heavy atom. The van der Waals surface area contributed by atoms with E-state index in [1.54, 1.807) is 42.5 Å². The van der Waals surface area contributed by atoms with Gasteiger partial charge in [0.05, 0.1) is 5.56 Å². The third-order valence-electron chi connectivity index (χ3n) is 2.74. The van der Waals surface area contributed by atoms with Crippen LogP contribution in [0.15, 0.2) is 48.5 Å². The van der Waals surface area contributed by atoms with Gasteiger partial charge in [-0.3, -0.25) is 4.79 Å². The van der Waals surface area contributed by atoms with E-state index in [2.05, 4.69) is 0 Å². The quantitative estimate of drug-likeness (QED) is 0.526. The van der Waals surface area contributed by atoms with Crippen molar-refractivity contribution in [2.24, 2.45) is 0 Å². The summed E-state index contributed by atoms with van der Waals surface area (Å²) >= 11 is 0. The largest absolute Gasteiger partial charge is 0.423 e. The number of esters is 1. The van der Waals surface area contributed by atoms with Crippen molar-refractivity contribution in [3.8, 4) is 5.75 Å². The van der Waals surface area contributed by atoms with E-state index in [9.17, 15) is 9.59 Å². The summed E-state index contributed by atoms with van der Waals surface area (Å²) in [7, 11) is 0. The minimum atomic E-state index is -0.529. The lowest BCUT2D eigenvalue weighted by Crippen LogP contribution is -2.12. The molecule has 4 heteroatoms. The molecule has 0 aromatic heterocycles. The smallest absolute Gasteiger partial charge is 0.345 e. The highest BCUT2D eigenvalue weighted by atomic mass is 16.5. The van der Waals surface area contributed by atoms with Crippen molar-refractivity contribution in [2.45, 2.75) is 13.3 Å². The zero-order chi connectivity index (χ0) is 14.5. The Morgan fingerprint density at radius 2 is 1.80 bits per heavy atom. The maximum Gasteiger partial charge on any atom is 0.345 e. The van der Waals surface area contributed by atoms with Crippen molar-refractivity contribution < 1.29 is 14.3 Å². The standard InChI is InChI=1S/C16H15NO3/c1-11(18)9-12-7-8-15(17)14(10-12)16(19)20-13-5-3-2-4-6-13/h2-8,10H,9,17H2,1H3. The number of nitrogens with two attached hydrogens (primary N) is 1. The molecule has 0 aliphatic heterocycles. The molecule has 0 saturated heterocycles. The molecule has 102 valence electrons. The van der Waals surface area contributed by atoms with Gasteiger partial charge in [-0.25, -0.2) is 4.79 Å². The van der Waals surface area contributed by atoms with Crippen molar-refractivity contribution in [1.29, 1.82) is 0 Å². The van der Waals surface area contributed by atoms with Crippen LogP contribution in [0.5, 0.6) is 5.75 Å². The summed E-state index contributed by atoms with van der Waals surface area (Å²) in [5.41, 5.74) is 7.13. The number of rotatable bonds is 4. The van der Waals surface area contributed by atoms with E-state index in [-0.39, 0.29) is 17.8 Å². The van der Waals surface area contributed by atoms with Gasteiger partial charge in [0.25, 0.3) is 0 Å². The number of benzene rings is 2. The van der Waals surface area contributed by atoms with Crippen molar-refractivity contribution in [3.63, 3.8) is 0 Å². The van der Waals surface area contributed by atoms with Crippen LogP contribution in [-0.2, 0) is 11.2 Å². The van der Waals surface area contributed by atoms with Gasteiger partial charge in [-0.1, -0.05) is 24.3 Å². The molecule has 0 aliphatic rings. The van der Waals surface area contributed by atoms with E-state index in [4.69, 9.17) is 10.5 Å². The molecule has 2 N–H and O–H groups in total. The summed E-state index contributed by atoms with van der Waals surface area (Å²) in [5, 5.41) is 0. The number of carbonyl (C=O) groups excluding carboxylic acids is 2. The van der Waals surface area contributed by atoms with Gasteiger partial charge in [0.15, 0.2) is 0 Å².